The number of aromatic nitrogens is 1. The molecule has 4 rings (SSSR count). The molecule has 0 aliphatic heterocycles. The van der Waals surface area contributed by atoms with Gasteiger partial charge in [-0.15, -0.1) is 0 Å². The summed E-state index contributed by atoms with van der Waals surface area (Å²) in [5, 5.41) is 11.1. The zero-order valence-electron chi connectivity index (χ0n) is 19.1. The molecular formula is C28H27NO4. The summed E-state index contributed by atoms with van der Waals surface area (Å²) in [6.07, 6.45) is 1.17. The Balaban J connectivity index is 1.91. The van der Waals surface area contributed by atoms with Gasteiger partial charge in [0.05, 0.1) is 5.92 Å². The molecule has 5 heteroatoms. The smallest absolute Gasteiger partial charge is 0.372 e. The van der Waals surface area contributed by atoms with E-state index in [9.17, 15) is 19.5 Å². The van der Waals surface area contributed by atoms with Crippen LogP contribution < -0.4 is 0 Å². The minimum absolute atomic E-state index is 0.0338. The van der Waals surface area contributed by atoms with E-state index in [0.29, 0.717) is 29.5 Å². The highest BCUT2D eigenvalue weighted by atomic mass is 16.4. The normalized spacial score (nSPS) is 12.2. The van der Waals surface area contributed by atoms with Crippen molar-refractivity contribution in [2.75, 3.05) is 0 Å². The number of rotatable bonds is 8. The average molecular weight is 442 g/mol. The van der Waals surface area contributed by atoms with Gasteiger partial charge in [-0.25, -0.2) is 4.79 Å². The summed E-state index contributed by atoms with van der Waals surface area (Å²) in [7, 11) is 0. The molecule has 1 unspecified atom stereocenters. The van der Waals surface area contributed by atoms with Crippen molar-refractivity contribution in [1.82, 2.24) is 4.57 Å². The van der Waals surface area contributed by atoms with Crippen LogP contribution in [-0.4, -0.2) is 27.2 Å². The van der Waals surface area contributed by atoms with Crippen LogP contribution in [0.5, 0.6) is 0 Å². The zero-order valence-corrected chi connectivity index (χ0v) is 19.1. The minimum Gasteiger partial charge on any atom is -0.475 e. The van der Waals surface area contributed by atoms with E-state index in [2.05, 4.69) is 11.5 Å². The van der Waals surface area contributed by atoms with Crippen molar-refractivity contribution in [1.29, 1.82) is 0 Å². The first-order valence-corrected chi connectivity index (χ1v) is 11.3. The topological polar surface area (TPSA) is 76.4 Å². The second-order valence-corrected chi connectivity index (χ2v) is 8.41. The van der Waals surface area contributed by atoms with E-state index in [1.807, 2.05) is 74.5 Å². The van der Waals surface area contributed by atoms with Gasteiger partial charge in [-0.05, 0) is 61.7 Å². The Hall–Kier alpha value is -3.73. The molecule has 0 aliphatic carbocycles. The van der Waals surface area contributed by atoms with Gasteiger partial charge in [-0.3, -0.25) is 9.59 Å². The number of benzene rings is 3. The van der Waals surface area contributed by atoms with Crippen LogP contribution in [0.3, 0.4) is 0 Å². The molecule has 0 radical (unpaired) electrons. The molecule has 1 atom stereocenters. The number of fused-ring (bicyclic) bond motifs is 3. The number of aliphatic carboxylic acids is 1. The minimum atomic E-state index is -1.41. The molecule has 168 valence electrons. The second kappa shape index (κ2) is 9.02. The highest BCUT2D eigenvalue weighted by molar-refractivity contribution is 6.35. The van der Waals surface area contributed by atoms with E-state index in [0.717, 1.165) is 33.9 Å². The maximum atomic E-state index is 13.2. The summed E-state index contributed by atoms with van der Waals surface area (Å²) in [4.78, 5) is 37.0. The number of carboxylic acid groups (broad SMARTS) is 1. The number of Topliss-reactive ketones (excluding diaryl/α,β-unsaturated/α-hetero) is 1. The molecular weight excluding hydrogens is 414 g/mol. The number of aryl methyl sites for hydroxylation is 2. The Bertz CT molecular complexity index is 1400. The molecule has 5 nitrogen and oxygen atoms in total. The largest absolute Gasteiger partial charge is 0.475 e. The van der Waals surface area contributed by atoms with Crippen LogP contribution in [-0.2, 0) is 16.1 Å². The number of carboxylic acids is 1. The summed E-state index contributed by atoms with van der Waals surface area (Å²) in [5.41, 5.74) is 4.89. The van der Waals surface area contributed by atoms with Crippen LogP contribution in [0.25, 0.3) is 21.8 Å². The molecule has 0 fully saturated rings. The van der Waals surface area contributed by atoms with Crippen LogP contribution in [0.15, 0.2) is 60.7 Å². The lowest BCUT2D eigenvalue weighted by Gasteiger charge is -2.13. The third kappa shape index (κ3) is 3.95. The van der Waals surface area contributed by atoms with Crippen molar-refractivity contribution in [2.45, 2.75) is 46.1 Å². The lowest BCUT2D eigenvalue weighted by atomic mass is 9.89. The first-order valence-electron chi connectivity index (χ1n) is 11.3. The third-order valence-corrected chi connectivity index (χ3v) is 6.36. The van der Waals surface area contributed by atoms with Gasteiger partial charge in [0.15, 0.2) is 5.78 Å². The standard InChI is InChI=1S/C28H27NO4/c1-4-8-21(27(31)28(32)33)18-11-13-24-22(15-18)23-16-19(12-14-25(23)29(24)5-2)26(30)20-10-7-6-9-17(20)3/h6-7,9-16,21H,4-5,8H2,1-3H3,(H,32,33). The molecule has 33 heavy (non-hydrogen) atoms. The molecule has 0 aliphatic rings. The summed E-state index contributed by atoms with van der Waals surface area (Å²) < 4.78 is 2.17. The second-order valence-electron chi connectivity index (χ2n) is 8.41. The van der Waals surface area contributed by atoms with Crippen molar-refractivity contribution in [3.8, 4) is 0 Å². The van der Waals surface area contributed by atoms with Crippen molar-refractivity contribution in [3.63, 3.8) is 0 Å². The number of carbonyl (C=O) groups excluding carboxylic acids is 2. The monoisotopic (exact) mass is 441 g/mol. The van der Waals surface area contributed by atoms with E-state index in [1.54, 1.807) is 0 Å². The first-order chi connectivity index (χ1) is 15.9. The molecule has 1 N–H and O–H groups in total. The molecule has 0 amide bonds. The van der Waals surface area contributed by atoms with E-state index in [1.165, 1.54) is 0 Å². The molecule has 3 aromatic carbocycles. The Morgan fingerprint density at radius 3 is 2.21 bits per heavy atom. The first kappa shape index (κ1) is 22.5. The van der Waals surface area contributed by atoms with Crippen LogP contribution in [0, 0.1) is 6.92 Å². The van der Waals surface area contributed by atoms with Crippen molar-refractivity contribution in [3.05, 3.63) is 82.9 Å². The van der Waals surface area contributed by atoms with Crippen molar-refractivity contribution >= 4 is 39.3 Å². The fourth-order valence-electron chi connectivity index (χ4n) is 4.69. The van der Waals surface area contributed by atoms with Crippen LogP contribution in [0.1, 0.15) is 59.7 Å². The number of ketones is 2. The van der Waals surface area contributed by atoms with Gasteiger partial charge in [0.25, 0.3) is 0 Å². The maximum Gasteiger partial charge on any atom is 0.372 e. The zero-order chi connectivity index (χ0) is 23.7. The SMILES string of the molecule is CCCC(C(=O)C(=O)O)c1ccc2c(c1)c1cc(C(=O)c3ccccc3C)ccc1n2CC. The van der Waals surface area contributed by atoms with Gasteiger partial charge < -0.3 is 9.67 Å². The Morgan fingerprint density at radius 1 is 0.909 bits per heavy atom. The highest BCUT2D eigenvalue weighted by Crippen LogP contribution is 2.34. The number of nitrogens with zero attached hydrogens (tertiary/aromatic N) is 1. The molecule has 0 saturated heterocycles. The van der Waals surface area contributed by atoms with Gasteiger partial charge in [-0.1, -0.05) is 43.7 Å². The fourth-order valence-corrected chi connectivity index (χ4v) is 4.69. The Morgan fingerprint density at radius 2 is 1.58 bits per heavy atom. The van der Waals surface area contributed by atoms with Crippen molar-refractivity contribution in [2.24, 2.45) is 0 Å². The lowest BCUT2D eigenvalue weighted by Crippen LogP contribution is -2.21. The predicted molar refractivity (Wildman–Crippen MR) is 130 cm³/mol. The molecule has 1 heterocycles. The quantitative estimate of drug-likeness (QED) is 0.273. The van der Waals surface area contributed by atoms with E-state index >= 15 is 0 Å². The van der Waals surface area contributed by atoms with Gasteiger partial charge >= 0.3 is 5.97 Å². The van der Waals surface area contributed by atoms with E-state index in [4.69, 9.17) is 0 Å². The summed E-state index contributed by atoms with van der Waals surface area (Å²) >= 11 is 0. The molecule has 0 bridgehead atoms. The van der Waals surface area contributed by atoms with E-state index in [-0.39, 0.29) is 5.78 Å². The highest BCUT2D eigenvalue weighted by Gasteiger charge is 2.26. The lowest BCUT2D eigenvalue weighted by molar-refractivity contribution is -0.149. The summed E-state index contributed by atoms with van der Waals surface area (Å²) in [5.74, 6) is -2.91. The van der Waals surface area contributed by atoms with Crippen LogP contribution in [0.2, 0.25) is 0 Å². The molecule has 1 aromatic heterocycles. The van der Waals surface area contributed by atoms with Gasteiger partial charge in [0.2, 0.25) is 5.78 Å². The van der Waals surface area contributed by atoms with Gasteiger partial charge in [0, 0.05) is 39.5 Å². The Kier molecular flexibility index (Phi) is 6.14. The molecule has 0 spiro atoms. The van der Waals surface area contributed by atoms with Crippen LogP contribution in [0.4, 0.5) is 0 Å². The maximum absolute atomic E-state index is 13.2. The number of hydrogen-bond acceptors (Lipinski definition) is 3. The summed E-state index contributed by atoms with van der Waals surface area (Å²) in [6.45, 7) is 6.67. The van der Waals surface area contributed by atoms with Gasteiger partial charge in [-0.2, -0.15) is 0 Å². The number of hydrogen-bond donors (Lipinski definition) is 1. The third-order valence-electron chi connectivity index (χ3n) is 6.36. The molecule has 0 saturated carbocycles. The van der Waals surface area contributed by atoms with E-state index < -0.39 is 17.7 Å². The number of carbonyl (C=O) groups is 3. The Labute approximate surface area is 192 Å². The van der Waals surface area contributed by atoms with Gasteiger partial charge in [0.1, 0.15) is 0 Å². The predicted octanol–water partition coefficient (Wildman–Crippen LogP) is 5.89. The average Bonchev–Trinajstić information content (AvgIpc) is 3.14. The summed E-state index contributed by atoms with van der Waals surface area (Å²) in [6, 6.07) is 19.0. The van der Waals surface area contributed by atoms with Crippen molar-refractivity contribution < 1.29 is 19.5 Å². The fraction of sp³-hybridized carbons (Fsp3) is 0.250. The molecule has 4 aromatic rings. The van der Waals surface area contributed by atoms with Crippen LogP contribution >= 0.6 is 0 Å².